The highest BCUT2D eigenvalue weighted by molar-refractivity contribution is 5.89. The maximum atomic E-state index is 12.9. The molecule has 3 rings (SSSR count). The summed E-state index contributed by atoms with van der Waals surface area (Å²) in [7, 11) is 0. The van der Waals surface area contributed by atoms with Crippen molar-refractivity contribution in [2.75, 3.05) is 19.6 Å². The molecule has 0 aromatic heterocycles. The molecule has 2 saturated heterocycles. The zero-order valence-electron chi connectivity index (χ0n) is 15.9. The van der Waals surface area contributed by atoms with Crippen LogP contribution in [0.25, 0.3) is 0 Å². The van der Waals surface area contributed by atoms with Gasteiger partial charge in [-0.2, -0.15) is 0 Å². The average molecular weight is 372 g/mol. The highest BCUT2D eigenvalue weighted by Gasteiger charge is 2.37. The number of carbonyl (C=O) groups is 3. The van der Waals surface area contributed by atoms with Gasteiger partial charge in [0.1, 0.15) is 0 Å². The summed E-state index contributed by atoms with van der Waals surface area (Å²) in [6.45, 7) is 4.38. The van der Waals surface area contributed by atoms with E-state index in [1.807, 2.05) is 36.1 Å². The van der Waals surface area contributed by atoms with Crippen molar-refractivity contribution in [3.63, 3.8) is 0 Å². The Morgan fingerprint density at radius 2 is 1.93 bits per heavy atom. The zero-order valence-corrected chi connectivity index (χ0v) is 15.9. The van der Waals surface area contributed by atoms with E-state index < -0.39 is 5.97 Å². The van der Waals surface area contributed by atoms with Crippen molar-refractivity contribution in [3.05, 3.63) is 35.4 Å². The summed E-state index contributed by atoms with van der Waals surface area (Å²) >= 11 is 0. The summed E-state index contributed by atoms with van der Waals surface area (Å²) in [5.41, 5.74) is 2.26. The van der Waals surface area contributed by atoms with Gasteiger partial charge in [0.25, 0.3) is 0 Å². The number of benzene rings is 1. The van der Waals surface area contributed by atoms with Gasteiger partial charge in [0.15, 0.2) is 0 Å². The van der Waals surface area contributed by atoms with Gasteiger partial charge in [-0.15, -0.1) is 0 Å². The number of carboxylic acid groups (broad SMARTS) is 1. The van der Waals surface area contributed by atoms with Crippen molar-refractivity contribution in [3.8, 4) is 0 Å². The molecule has 1 N–H and O–H groups in total. The Balaban J connectivity index is 1.55. The summed E-state index contributed by atoms with van der Waals surface area (Å²) in [5.74, 6) is -0.726. The first-order chi connectivity index (χ1) is 12.9. The number of carboxylic acids is 1. The van der Waals surface area contributed by atoms with Crippen LogP contribution in [0.5, 0.6) is 0 Å². The van der Waals surface area contributed by atoms with Crippen LogP contribution < -0.4 is 0 Å². The molecule has 1 aromatic carbocycles. The van der Waals surface area contributed by atoms with Crippen molar-refractivity contribution in [1.29, 1.82) is 0 Å². The number of aryl methyl sites for hydroxylation is 1. The topological polar surface area (TPSA) is 77.9 Å². The Labute approximate surface area is 160 Å². The summed E-state index contributed by atoms with van der Waals surface area (Å²) in [5, 5.41) is 8.86. The number of piperidine rings is 1. The van der Waals surface area contributed by atoms with Crippen LogP contribution in [0.4, 0.5) is 0 Å². The SMILES string of the molecule is Cc1ccc(CN2C[C@H](C(=O)N3CCC[C@@H](CCC(=O)O)C3)CC2=O)cc1. The summed E-state index contributed by atoms with van der Waals surface area (Å²) in [6.07, 6.45) is 2.92. The molecule has 2 aliphatic rings. The van der Waals surface area contributed by atoms with E-state index >= 15 is 0 Å². The number of aliphatic carboxylic acids is 1. The molecule has 0 unspecified atom stereocenters. The van der Waals surface area contributed by atoms with E-state index in [1.165, 1.54) is 5.56 Å². The highest BCUT2D eigenvalue weighted by atomic mass is 16.4. The largest absolute Gasteiger partial charge is 0.481 e. The first-order valence-electron chi connectivity index (χ1n) is 9.76. The van der Waals surface area contributed by atoms with Crippen LogP contribution in [-0.2, 0) is 20.9 Å². The van der Waals surface area contributed by atoms with Crippen LogP contribution in [0.15, 0.2) is 24.3 Å². The van der Waals surface area contributed by atoms with Crippen molar-refractivity contribution in [2.45, 2.75) is 45.6 Å². The number of hydrogen-bond acceptors (Lipinski definition) is 3. The van der Waals surface area contributed by atoms with Crippen molar-refractivity contribution < 1.29 is 19.5 Å². The van der Waals surface area contributed by atoms with E-state index in [0.717, 1.165) is 18.4 Å². The molecule has 6 heteroatoms. The molecule has 6 nitrogen and oxygen atoms in total. The lowest BCUT2D eigenvalue weighted by atomic mass is 9.92. The molecule has 0 spiro atoms. The van der Waals surface area contributed by atoms with Crippen molar-refractivity contribution in [1.82, 2.24) is 9.80 Å². The van der Waals surface area contributed by atoms with Crippen molar-refractivity contribution >= 4 is 17.8 Å². The molecule has 2 aliphatic heterocycles. The lowest BCUT2D eigenvalue weighted by molar-refractivity contribution is -0.138. The van der Waals surface area contributed by atoms with Crippen LogP contribution in [0.2, 0.25) is 0 Å². The highest BCUT2D eigenvalue weighted by Crippen LogP contribution is 2.26. The van der Waals surface area contributed by atoms with Gasteiger partial charge in [-0.25, -0.2) is 0 Å². The zero-order chi connectivity index (χ0) is 19.4. The van der Waals surface area contributed by atoms with Gasteiger partial charge in [0.05, 0.1) is 5.92 Å². The van der Waals surface area contributed by atoms with Crippen LogP contribution in [0.1, 0.15) is 43.2 Å². The second-order valence-corrected chi connectivity index (χ2v) is 7.89. The molecule has 27 heavy (non-hydrogen) atoms. The first kappa shape index (κ1) is 19.4. The Hall–Kier alpha value is -2.37. The Kier molecular flexibility index (Phi) is 6.14. The minimum Gasteiger partial charge on any atom is -0.481 e. The van der Waals surface area contributed by atoms with Gasteiger partial charge in [-0.3, -0.25) is 14.4 Å². The number of nitrogens with zero attached hydrogens (tertiary/aromatic N) is 2. The summed E-state index contributed by atoms with van der Waals surface area (Å²) in [6, 6.07) is 8.11. The maximum Gasteiger partial charge on any atom is 0.303 e. The van der Waals surface area contributed by atoms with Crippen LogP contribution in [-0.4, -0.2) is 52.3 Å². The Bertz CT molecular complexity index is 701. The van der Waals surface area contributed by atoms with Gasteiger partial charge in [0.2, 0.25) is 11.8 Å². The third-order valence-electron chi connectivity index (χ3n) is 5.65. The Morgan fingerprint density at radius 1 is 1.19 bits per heavy atom. The summed E-state index contributed by atoms with van der Waals surface area (Å²) < 4.78 is 0. The predicted molar refractivity (Wildman–Crippen MR) is 101 cm³/mol. The fourth-order valence-electron chi connectivity index (χ4n) is 4.09. The normalized spacial score (nSPS) is 22.9. The first-order valence-corrected chi connectivity index (χ1v) is 9.76. The van der Waals surface area contributed by atoms with Gasteiger partial charge in [0, 0.05) is 39.0 Å². The monoisotopic (exact) mass is 372 g/mol. The fourth-order valence-corrected chi connectivity index (χ4v) is 4.09. The Morgan fingerprint density at radius 3 is 2.63 bits per heavy atom. The third-order valence-corrected chi connectivity index (χ3v) is 5.65. The molecule has 0 saturated carbocycles. The molecule has 2 fully saturated rings. The average Bonchev–Trinajstić information content (AvgIpc) is 3.02. The van der Waals surface area contributed by atoms with Crippen LogP contribution in [0, 0.1) is 18.8 Å². The molecule has 2 heterocycles. The fraction of sp³-hybridized carbons (Fsp3) is 0.571. The molecule has 0 bridgehead atoms. The molecule has 146 valence electrons. The molecule has 2 atom stereocenters. The predicted octanol–water partition coefficient (Wildman–Crippen LogP) is 2.45. The number of amides is 2. The molecule has 0 radical (unpaired) electrons. The molecular weight excluding hydrogens is 344 g/mol. The second-order valence-electron chi connectivity index (χ2n) is 7.89. The molecular formula is C21H28N2O4. The van der Waals surface area contributed by atoms with Gasteiger partial charge < -0.3 is 14.9 Å². The van der Waals surface area contributed by atoms with Crippen LogP contribution >= 0.6 is 0 Å². The van der Waals surface area contributed by atoms with Gasteiger partial charge in [-0.1, -0.05) is 29.8 Å². The van der Waals surface area contributed by atoms with E-state index in [4.69, 9.17) is 5.11 Å². The van der Waals surface area contributed by atoms with E-state index in [0.29, 0.717) is 32.6 Å². The molecule has 2 amide bonds. The quantitative estimate of drug-likeness (QED) is 0.832. The third kappa shape index (κ3) is 5.08. The number of likely N-dealkylation sites (tertiary alicyclic amines) is 2. The van der Waals surface area contributed by atoms with E-state index in [1.54, 1.807) is 4.90 Å². The maximum absolute atomic E-state index is 12.9. The van der Waals surface area contributed by atoms with Gasteiger partial charge >= 0.3 is 5.97 Å². The minimum absolute atomic E-state index is 0.0355. The smallest absolute Gasteiger partial charge is 0.303 e. The van der Waals surface area contributed by atoms with E-state index in [2.05, 4.69) is 0 Å². The number of carbonyl (C=O) groups excluding carboxylic acids is 2. The van der Waals surface area contributed by atoms with Crippen molar-refractivity contribution in [2.24, 2.45) is 11.8 Å². The molecule has 1 aromatic rings. The lowest BCUT2D eigenvalue weighted by Gasteiger charge is -2.34. The van der Waals surface area contributed by atoms with Gasteiger partial charge in [-0.05, 0) is 37.7 Å². The standard InChI is InChI=1S/C21H28N2O4/c1-15-4-6-17(7-5-15)13-23-14-18(11-19(23)24)21(27)22-10-2-3-16(12-22)8-9-20(25)26/h4-7,16,18H,2-3,8-14H2,1H3,(H,25,26)/t16-,18+/m0/s1. The lowest BCUT2D eigenvalue weighted by Crippen LogP contribution is -2.43. The van der Waals surface area contributed by atoms with Crippen LogP contribution in [0.3, 0.4) is 0 Å². The minimum atomic E-state index is -0.786. The number of rotatable bonds is 6. The molecule has 0 aliphatic carbocycles. The second kappa shape index (κ2) is 8.55. The number of hydrogen-bond donors (Lipinski definition) is 1. The van der Waals surface area contributed by atoms with E-state index in [-0.39, 0.29) is 36.5 Å². The summed E-state index contributed by atoms with van der Waals surface area (Å²) in [4.78, 5) is 39.7. The van der Waals surface area contributed by atoms with E-state index in [9.17, 15) is 14.4 Å².